The molecule has 3 heteroatoms. The molecule has 1 atom stereocenters. The molecule has 0 rings (SSSR count). The standard InChI is InChI=1S/C24H52NO2/c1-5-7-8-9-10-11-12-13-14-15-16-17-18-19-20-24(26)23-25(3,4)21-22-27-6-2/h24,26H,5-23H2,1-4H3/q+1. The molecule has 0 bridgehead atoms. The Morgan fingerprint density at radius 1 is 0.704 bits per heavy atom. The second-order valence-electron chi connectivity index (χ2n) is 9.08. The van der Waals surface area contributed by atoms with Crippen molar-refractivity contribution < 1.29 is 14.3 Å². The van der Waals surface area contributed by atoms with Gasteiger partial charge in [-0.05, 0) is 13.3 Å². The van der Waals surface area contributed by atoms with Gasteiger partial charge in [-0.3, -0.25) is 0 Å². The smallest absolute Gasteiger partial charge is 0.105 e. The molecule has 0 heterocycles. The summed E-state index contributed by atoms with van der Waals surface area (Å²) in [5, 5.41) is 10.3. The first-order chi connectivity index (χ1) is 13.0. The highest BCUT2D eigenvalue weighted by Gasteiger charge is 2.19. The maximum Gasteiger partial charge on any atom is 0.105 e. The molecule has 0 radical (unpaired) electrons. The number of unbranched alkanes of at least 4 members (excludes halogenated alkanes) is 13. The fraction of sp³-hybridized carbons (Fsp3) is 1.00. The summed E-state index contributed by atoms with van der Waals surface area (Å²) in [7, 11) is 4.38. The minimum absolute atomic E-state index is 0.168. The van der Waals surface area contributed by atoms with Crippen molar-refractivity contribution in [1.29, 1.82) is 0 Å². The van der Waals surface area contributed by atoms with Crippen molar-refractivity contribution in [1.82, 2.24) is 0 Å². The summed E-state index contributed by atoms with van der Waals surface area (Å²) >= 11 is 0. The fourth-order valence-electron chi connectivity index (χ4n) is 3.78. The quantitative estimate of drug-likeness (QED) is 0.184. The molecular formula is C24H52NO2+. The van der Waals surface area contributed by atoms with Crippen LogP contribution in [0, 0.1) is 0 Å². The number of hydrogen-bond acceptors (Lipinski definition) is 2. The molecule has 0 saturated heterocycles. The van der Waals surface area contributed by atoms with E-state index < -0.39 is 0 Å². The number of quaternary nitrogens is 1. The van der Waals surface area contributed by atoms with Gasteiger partial charge in [0.05, 0.1) is 20.7 Å². The predicted octanol–water partition coefficient (Wildman–Crippen LogP) is 6.33. The van der Waals surface area contributed by atoms with Crippen LogP contribution in [0.3, 0.4) is 0 Å². The molecule has 0 aliphatic heterocycles. The zero-order chi connectivity index (χ0) is 20.2. The molecule has 0 aromatic carbocycles. The van der Waals surface area contributed by atoms with Gasteiger partial charge in [-0.2, -0.15) is 0 Å². The van der Waals surface area contributed by atoms with Gasteiger partial charge in [-0.1, -0.05) is 96.8 Å². The van der Waals surface area contributed by atoms with Gasteiger partial charge in [0.1, 0.15) is 19.2 Å². The number of ether oxygens (including phenoxy) is 1. The number of nitrogens with zero attached hydrogens (tertiary/aromatic N) is 1. The molecule has 0 aromatic heterocycles. The van der Waals surface area contributed by atoms with E-state index in [1.54, 1.807) is 0 Å². The number of likely N-dealkylation sites (N-methyl/N-ethyl adjacent to an activating group) is 1. The van der Waals surface area contributed by atoms with Crippen molar-refractivity contribution in [3.05, 3.63) is 0 Å². The van der Waals surface area contributed by atoms with E-state index in [1.165, 1.54) is 89.9 Å². The van der Waals surface area contributed by atoms with Crippen LogP contribution >= 0.6 is 0 Å². The first-order valence-corrected chi connectivity index (χ1v) is 12.1. The monoisotopic (exact) mass is 386 g/mol. The van der Waals surface area contributed by atoms with E-state index in [2.05, 4.69) is 21.0 Å². The van der Waals surface area contributed by atoms with Crippen LogP contribution in [-0.4, -0.2) is 56.1 Å². The van der Waals surface area contributed by atoms with Crippen molar-refractivity contribution in [2.24, 2.45) is 0 Å². The fourth-order valence-corrected chi connectivity index (χ4v) is 3.78. The Morgan fingerprint density at radius 2 is 1.15 bits per heavy atom. The lowest BCUT2D eigenvalue weighted by molar-refractivity contribution is -0.893. The van der Waals surface area contributed by atoms with Crippen molar-refractivity contribution >= 4 is 0 Å². The normalized spacial score (nSPS) is 13.2. The lowest BCUT2D eigenvalue weighted by Gasteiger charge is -2.31. The van der Waals surface area contributed by atoms with Crippen LogP contribution in [0.2, 0.25) is 0 Å². The molecular weight excluding hydrogens is 334 g/mol. The van der Waals surface area contributed by atoms with Crippen molar-refractivity contribution in [2.45, 2.75) is 116 Å². The summed E-state index contributed by atoms with van der Waals surface area (Å²) < 4.78 is 6.29. The third kappa shape index (κ3) is 20.4. The van der Waals surface area contributed by atoms with E-state index >= 15 is 0 Å². The average molecular weight is 387 g/mol. The minimum atomic E-state index is -0.168. The second kappa shape index (κ2) is 19.2. The lowest BCUT2D eigenvalue weighted by atomic mass is 10.0. The Hall–Kier alpha value is -0.120. The molecule has 0 aromatic rings. The van der Waals surface area contributed by atoms with Crippen molar-refractivity contribution in [2.75, 3.05) is 40.4 Å². The van der Waals surface area contributed by atoms with Crippen LogP contribution in [0.15, 0.2) is 0 Å². The SMILES string of the molecule is CCCCCCCCCCCCCCCCC(O)C[N+](C)(C)CCOCC. The van der Waals surface area contributed by atoms with E-state index in [0.717, 1.165) is 37.2 Å². The molecule has 3 nitrogen and oxygen atoms in total. The molecule has 164 valence electrons. The van der Waals surface area contributed by atoms with Crippen LogP contribution in [0.5, 0.6) is 0 Å². The molecule has 27 heavy (non-hydrogen) atoms. The van der Waals surface area contributed by atoms with E-state index in [-0.39, 0.29) is 6.10 Å². The van der Waals surface area contributed by atoms with Gasteiger partial charge in [0, 0.05) is 6.61 Å². The summed E-state index contributed by atoms with van der Waals surface area (Å²) in [6.07, 6.45) is 20.2. The number of aliphatic hydroxyl groups is 1. The first-order valence-electron chi connectivity index (χ1n) is 12.1. The van der Waals surface area contributed by atoms with Gasteiger partial charge in [0.25, 0.3) is 0 Å². The van der Waals surface area contributed by atoms with Gasteiger partial charge >= 0.3 is 0 Å². The maximum absolute atomic E-state index is 10.3. The average Bonchev–Trinajstić information content (AvgIpc) is 2.61. The predicted molar refractivity (Wildman–Crippen MR) is 119 cm³/mol. The van der Waals surface area contributed by atoms with Gasteiger partial charge in [0.2, 0.25) is 0 Å². The number of hydrogen-bond donors (Lipinski definition) is 1. The summed E-state index contributed by atoms with van der Waals surface area (Å²) in [6, 6.07) is 0. The van der Waals surface area contributed by atoms with Gasteiger partial charge in [-0.25, -0.2) is 0 Å². The van der Waals surface area contributed by atoms with Crippen LogP contribution in [0.1, 0.15) is 110 Å². The minimum Gasteiger partial charge on any atom is -0.387 e. The van der Waals surface area contributed by atoms with Crippen LogP contribution < -0.4 is 0 Å². The molecule has 1 N–H and O–H groups in total. The van der Waals surface area contributed by atoms with E-state index in [4.69, 9.17) is 4.74 Å². The van der Waals surface area contributed by atoms with Crippen molar-refractivity contribution in [3.63, 3.8) is 0 Å². The van der Waals surface area contributed by atoms with Gasteiger partial charge < -0.3 is 14.3 Å². The molecule has 0 fully saturated rings. The van der Waals surface area contributed by atoms with Crippen LogP contribution in [0.4, 0.5) is 0 Å². The highest BCUT2D eigenvalue weighted by atomic mass is 16.5. The number of aliphatic hydroxyl groups excluding tert-OH is 1. The summed E-state index contributed by atoms with van der Waals surface area (Å²) in [5.41, 5.74) is 0. The molecule has 0 aliphatic carbocycles. The second-order valence-corrected chi connectivity index (χ2v) is 9.08. The zero-order valence-corrected chi connectivity index (χ0v) is 19.3. The van der Waals surface area contributed by atoms with E-state index in [9.17, 15) is 5.11 Å². The van der Waals surface area contributed by atoms with Gasteiger partial charge in [0.15, 0.2) is 0 Å². The lowest BCUT2D eigenvalue weighted by Crippen LogP contribution is -2.47. The molecule has 1 unspecified atom stereocenters. The zero-order valence-electron chi connectivity index (χ0n) is 19.3. The van der Waals surface area contributed by atoms with E-state index in [0.29, 0.717) is 0 Å². The van der Waals surface area contributed by atoms with Gasteiger partial charge in [-0.15, -0.1) is 0 Å². The van der Waals surface area contributed by atoms with E-state index in [1.807, 2.05) is 6.92 Å². The highest BCUT2D eigenvalue weighted by Crippen LogP contribution is 2.14. The Morgan fingerprint density at radius 3 is 1.59 bits per heavy atom. The van der Waals surface area contributed by atoms with Crippen molar-refractivity contribution in [3.8, 4) is 0 Å². The van der Waals surface area contributed by atoms with Crippen LogP contribution in [0.25, 0.3) is 0 Å². The Kier molecular flexibility index (Phi) is 19.1. The molecule has 0 saturated carbocycles. The first kappa shape index (κ1) is 26.9. The summed E-state index contributed by atoms with van der Waals surface area (Å²) in [6.45, 7) is 7.70. The topological polar surface area (TPSA) is 29.5 Å². The molecule has 0 aliphatic rings. The molecule has 0 amide bonds. The Bertz CT molecular complexity index is 294. The maximum atomic E-state index is 10.3. The highest BCUT2D eigenvalue weighted by molar-refractivity contribution is 4.56. The summed E-state index contributed by atoms with van der Waals surface area (Å²) in [4.78, 5) is 0. The Labute approximate surface area is 171 Å². The largest absolute Gasteiger partial charge is 0.387 e. The summed E-state index contributed by atoms with van der Waals surface area (Å²) in [5.74, 6) is 0. The molecule has 0 spiro atoms. The Balaban J connectivity index is 3.34. The van der Waals surface area contributed by atoms with Crippen LogP contribution in [-0.2, 0) is 4.74 Å². The third-order valence-corrected chi connectivity index (χ3v) is 5.64. The third-order valence-electron chi connectivity index (χ3n) is 5.64. The number of rotatable bonds is 21.